The minimum atomic E-state index is 0.875. The Morgan fingerprint density at radius 2 is 2.25 bits per heavy atom. The predicted molar refractivity (Wildman–Crippen MR) is 47.9 cm³/mol. The van der Waals surface area contributed by atoms with Crippen molar-refractivity contribution in [1.82, 2.24) is 14.8 Å². The van der Waals surface area contributed by atoms with Crippen molar-refractivity contribution < 1.29 is 0 Å². The fraction of sp³-hybridized carbons (Fsp3) is 0.333. The molecule has 0 unspecified atom stereocenters. The average molecular weight is 161 g/mol. The lowest BCUT2D eigenvalue weighted by molar-refractivity contribution is 0.676. The Morgan fingerprint density at radius 3 is 3.00 bits per heavy atom. The van der Waals surface area contributed by atoms with Crippen LogP contribution in [-0.2, 0) is 6.54 Å². The largest absolute Gasteiger partial charge is 0.248 e. The highest BCUT2D eigenvalue weighted by Crippen LogP contribution is 2.10. The summed E-state index contributed by atoms with van der Waals surface area (Å²) in [5, 5.41) is 5.32. The molecular weight excluding hydrogens is 150 g/mol. The van der Waals surface area contributed by atoms with Crippen LogP contribution in [0.5, 0.6) is 0 Å². The molecular formula is C9H11N3. The molecule has 2 rings (SSSR count). The number of aryl methyl sites for hydroxylation is 2. The second kappa shape index (κ2) is 2.59. The highest BCUT2D eigenvalue weighted by Gasteiger charge is 2.00. The Hall–Kier alpha value is -1.38. The van der Waals surface area contributed by atoms with Gasteiger partial charge in [0.2, 0.25) is 0 Å². The minimum absolute atomic E-state index is 0.875. The molecule has 12 heavy (non-hydrogen) atoms. The zero-order valence-electron chi connectivity index (χ0n) is 7.28. The van der Waals surface area contributed by atoms with Crippen molar-refractivity contribution in [3.63, 3.8) is 0 Å². The van der Waals surface area contributed by atoms with Crippen LogP contribution in [0.3, 0.4) is 0 Å². The third-order valence-electron chi connectivity index (χ3n) is 1.92. The van der Waals surface area contributed by atoms with Gasteiger partial charge in [-0.15, -0.1) is 0 Å². The van der Waals surface area contributed by atoms with Gasteiger partial charge in [0, 0.05) is 17.6 Å². The summed E-state index contributed by atoms with van der Waals surface area (Å²) < 4.78 is 1.91. The lowest BCUT2D eigenvalue weighted by Gasteiger charge is -1.97. The highest BCUT2D eigenvalue weighted by atomic mass is 15.3. The van der Waals surface area contributed by atoms with E-state index < -0.39 is 0 Å². The van der Waals surface area contributed by atoms with Gasteiger partial charge in [-0.2, -0.15) is 5.10 Å². The van der Waals surface area contributed by atoms with E-state index in [0.717, 1.165) is 23.3 Å². The number of rotatable bonds is 1. The number of hydrogen-bond donors (Lipinski definition) is 0. The molecule has 0 atom stereocenters. The normalized spacial score (nSPS) is 10.8. The van der Waals surface area contributed by atoms with Gasteiger partial charge in [-0.05, 0) is 26.0 Å². The molecule has 62 valence electrons. The monoisotopic (exact) mass is 161 g/mol. The van der Waals surface area contributed by atoms with E-state index in [1.165, 1.54) is 0 Å². The number of pyridine rings is 1. The molecule has 0 saturated heterocycles. The Labute approximate surface area is 71.0 Å². The topological polar surface area (TPSA) is 30.7 Å². The maximum atomic E-state index is 4.41. The summed E-state index contributed by atoms with van der Waals surface area (Å²) in [5.41, 5.74) is 2.02. The predicted octanol–water partition coefficient (Wildman–Crippen LogP) is 1.76. The molecule has 0 aromatic carbocycles. The number of nitrogens with zero attached hydrogens (tertiary/aromatic N) is 3. The molecule has 0 aliphatic rings. The second-order valence-electron chi connectivity index (χ2n) is 2.83. The summed E-state index contributed by atoms with van der Waals surface area (Å²) in [4.78, 5) is 4.41. The van der Waals surface area contributed by atoms with Crippen LogP contribution >= 0.6 is 0 Å². The molecule has 2 aromatic heterocycles. The van der Waals surface area contributed by atoms with Gasteiger partial charge in [0.15, 0.2) is 5.65 Å². The summed E-state index contributed by atoms with van der Waals surface area (Å²) in [5.74, 6) is 0. The fourth-order valence-electron chi connectivity index (χ4n) is 1.28. The maximum Gasteiger partial charge on any atom is 0.157 e. The molecule has 0 aliphatic carbocycles. The first-order valence-electron chi connectivity index (χ1n) is 4.10. The van der Waals surface area contributed by atoms with Crippen molar-refractivity contribution in [2.45, 2.75) is 20.4 Å². The molecule has 0 aliphatic heterocycles. The van der Waals surface area contributed by atoms with Gasteiger partial charge in [0.1, 0.15) is 0 Å². The van der Waals surface area contributed by atoms with Crippen molar-refractivity contribution in [1.29, 1.82) is 0 Å². The molecule has 0 saturated carbocycles. The molecule has 2 aromatic rings. The van der Waals surface area contributed by atoms with Gasteiger partial charge >= 0.3 is 0 Å². The van der Waals surface area contributed by atoms with E-state index in [4.69, 9.17) is 0 Å². The highest BCUT2D eigenvalue weighted by molar-refractivity contribution is 5.74. The van der Waals surface area contributed by atoms with Gasteiger partial charge in [-0.1, -0.05) is 0 Å². The van der Waals surface area contributed by atoms with Gasteiger partial charge in [0.25, 0.3) is 0 Å². The molecule has 0 fully saturated rings. The number of aromatic nitrogens is 3. The van der Waals surface area contributed by atoms with Crippen LogP contribution in [0.4, 0.5) is 0 Å². The lowest BCUT2D eigenvalue weighted by Crippen LogP contribution is -1.97. The Balaban J connectivity index is 2.75. The van der Waals surface area contributed by atoms with E-state index in [0.29, 0.717) is 0 Å². The first kappa shape index (κ1) is 7.28. The van der Waals surface area contributed by atoms with E-state index in [1.54, 1.807) is 0 Å². The van der Waals surface area contributed by atoms with Crippen molar-refractivity contribution in [3.8, 4) is 0 Å². The lowest BCUT2D eigenvalue weighted by atomic mass is 10.3. The van der Waals surface area contributed by atoms with Crippen LogP contribution in [0.2, 0.25) is 0 Å². The van der Waals surface area contributed by atoms with Crippen LogP contribution in [-0.4, -0.2) is 14.8 Å². The molecule has 0 spiro atoms. The third-order valence-corrected chi connectivity index (χ3v) is 1.92. The quantitative estimate of drug-likeness (QED) is 0.638. The van der Waals surface area contributed by atoms with Crippen molar-refractivity contribution in [2.75, 3.05) is 0 Å². The van der Waals surface area contributed by atoms with Crippen LogP contribution in [0.25, 0.3) is 11.0 Å². The van der Waals surface area contributed by atoms with Crippen molar-refractivity contribution in [2.24, 2.45) is 0 Å². The van der Waals surface area contributed by atoms with E-state index in [2.05, 4.69) is 23.1 Å². The molecule has 3 heteroatoms. The summed E-state index contributed by atoms with van der Waals surface area (Å²) in [6, 6.07) is 4.06. The molecule has 0 bridgehead atoms. The van der Waals surface area contributed by atoms with E-state index >= 15 is 0 Å². The van der Waals surface area contributed by atoms with Crippen molar-refractivity contribution in [3.05, 3.63) is 24.0 Å². The standard InChI is InChI=1S/C9H11N3/c1-3-12-9-8(6-10-12)5-4-7(2)11-9/h4-6H,3H2,1-2H3. The molecule has 3 nitrogen and oxygen atoms in total. The first-order chi connectivity index (χ1) is 5.81. The summed E-state index contributed by atoms with van der Waals surface area (Å²) in [6.07, 6.45) is 1.85. The average Bonchev–Trinajstić information content (AvgIpc) is 2.46. The Kier molecular flexibility index (Phi) is 1.57. The summed E-state index contributed by atoms with van der Waals surface area (Å²) in [6.45, 7) is 4.93. The van der Waals surface area contributed by atoms with Crippen molar-refractivity contribution >= 4 is 11.0 Å². The van der Waals surface area contributed by atoms with Gasteiger partial charge < -0.3 is 0 Å². The van der Waals surface area contributed by atoms with E-state index in [9.17, 15) is 0 Å². The van der Waals surface area contributed by atoms with Crippen LogP contribution in [0.15, 0.2) is 18.3 Å². The zero-order chi connectivity index (χ0) is 8.55. The maximum absolute atomic E-state index is 4.41. The molecule has 0 N–H and O–H groups in total. The first-order valence-corrected chi connectivity index (χ1v) is 4.10. The van der Waals surface area contributed by atoms with Crippen LogP contribution in [0, 0.1) is 6.92 Å². The molecule has 0 radical (unpaired) electrons. The molecule has 0 amide bonds. The zero-order valence-corrected chi connectivity index (χ0v) is 7.28. The summed E-state index contributed by atoms with van der Waals surface area (Å²) in [7, 11) is 0. The Bertz CT molecular complexity index is 403. The smallest absolute Gasteiger partial charge is 0.157 e. The Morgan fingerprint density at radius 1 is 1.42 bits per heavy atom. The summed E-state index contributed by atoms with van der Waals surface area (Å²) >= 11 is 0. The van der Waals surface area contributed by atoms with E-state index in [-0.39, 0.29) is 0 Å². The van der Waals surface area contributed by atoms with Crippen LogP contribution in [0.1, 0.15) is 12.6 Å². The van der Waals surface area contributed by atoms with Gasteiger partial charge in [0.05, 0.1) is 6.20 Å². The minimum Gasteiger partial charge on any atom is -0.248 e. The van der Waals surface area contributed by atoms with Crippen LogP contribution < -0.4 is 0 Å². The van der Waals surface area contributed by atoms with Gasteiger partial charge in [-0.3, -0.25) is 0 Å². The van der Waals surface area contributed by atoms with E-state index in [1.807, 2.05) is 23.9 Å². The third kappa shape index (κ3) is 0.978. The number of fused-ring (bicyclic) bond motifs is 1. The fourth-order valence-corrected chi connectivity index (χ4v) is 1.28. The second-order valence-corrected chi connectivity index (χ2v) is 2.83. The molecule has 2 heterocycles. The van der Waals surface area contributed by atoms with Gasteiger partial charge in [-0.25, -0.2) is 9.67 Å². The SMILES string of the molecule is CCn1ncc2ccc(C)nc21. The number of hydrogen-bond acceptors (Lipinski definition) is 2.